The van der Waals surface area contributed by atoms with Gasteiger partial charge in [0.05, 0.1) is 23.7 Å². The van der Waals surface area contributed by atoms with Gasteiger partial charge in [0.1, 0.15) is 12.1 Å². The van der Waals surface area contributed by atoms with Gasteiger partial charge in [0.25, 0.3) is 0 Å². The van der Waals surface area contributed by atoms with E-state index in [-0.39, 0.29) is 60.3 Å². The topological polar surface area (TPSA) is 291 Å². The van der Waals surface area contributed by atoms with Crippen LogP contribution in [0.3, 0.4) is 0 Å². The summed E-state index contributed by atoms with van der Waals surface area (Å²) in [6.07, 6.45) is 9.89. The van der Waals surface area contributed by atoms with Crippen LogP contribution in [0.4, 0.5) is 0 Å². The molecule has 6 atom stereocenters. The van der Waals surface area contributed by atoms with E-state index in [1.807, 2.05) is 32.1 Å². The van der Waals surface area contributed by atoms with E-state index in [0.29, 0.717) is 17.5 Å². The lowest BCUT2D eigenvalue weighted by Gasteiger charge is -2.22. The number of hydrogen-bond donors (Lipinski definition) is 9. The molecule has 2 aromatic carbocycles. The first-order valence-electron chi connectivity index (χ1n) is 17.2. The number of benzene rings is 2. The molecule has 1 amide bonds. The van der Waals surface area contributed by atoms with Crippen LogP contribution in [-0.2, 0) is 46.3 Å². The molecule has 10 N–H and O–H groups in total. The number of aliphatic carboxylic acids is 3. The quantitative estimate of drug-likeness (QED) is 0.0511. The Labute approximate surface area is 312 Å². The second-order valence-corrected chi connectivity index (χ2v) is 12.5. The molecule has 3 rings (SSSR count). The molecule has 1 saturated heterocycles. The van der Waals surface area contributed by atoms with Crippen molar-refractivity contribution in [2.24, 2.45) is 29.4 Å². The Morgan fingerprint density at radius 3 is 1.70 bits per heavy atom. The third-order valence-corrected chi connectivity index (χ3v) is 8.30. The number of aromatic hydroxyl groups is 4. The largest absolute Gasteiger partial charge is 0.504 e. The van der Waals surface area contributed by atoms with E-state index in [2.05, 4.69) is 10.1 Å². The smallest absolute Gasteiger partial charge is 0.326 e. The van der Waals surface area contributed by atoms with Crippen LogP contribution in [0.25, 0.3) is 0 Å². The Balaban J connectivity index is 0.000000450. The summed E-state index contributed by atoms with van der Waals surface area (Å²) in [5.74, 6) is -8.67. The first-order chi connectivity index (χ1) is 25.3. The molecular formula is C38H50N2O14. The molecule has 0 bridgehead atoms. The van der Waals surface area contributed by atoms with Gasteiger partial charge in [-0.15, -0.1) is 0 Å². The summed E-state index contributed by atoms with van der Waals surface area (Å²) in [6.45, 7) is 7.07. The standard InChI is InChI=1S/C19H25NO7.C10H14O3.C9H11NO4/c1-3-4-5-6-13(11(2)18(24)25)17(23)20-14(19(26)27)9-12-7-8-15(21)16(22)10-12;1-3-4-5-6-8-7(2)9(11)13-10(8)12;10-6(9(13)14)3-5-1-2-7(11)8(12)4-5/h4-5,7-8,10-11,13-14,21-22H,3,6,9H2,1-2H3,(H,20,23)(H,24,25)(H,26,27);4-5,7-8H,3,6H2,1-2H3;1-2,4,6,11-12H,3,10H2,(H,13,14)/b2*5-4+;. The third kappa shape index (κ3) is 15.4. The molecule has 0 saturated carbocycles. The number of carbonyl (C=O) groups is 6. The highest BCUT2D eigenvalue weighted by Crippen LogP contribution is 2.28. The normalized spacial score (nSPS) is 17.3. The number of esters is 2. The van der Waals surface area contributed by atoms with Gasteiger partial charge >= 0.3 is 29.8 Å². The molecule has 16 heteroatoms. The zero-order valence-corrected chi connectivity index (χ0v) is 30.5. The summed E-state index contributed by atoms with van der Waals surface area (Å²) in [5.41, 5.74) is 6.25. The minimum absolute atomic E-state index is 0.114. The lowest BCUT2D eigenvalue weighted by molar-refractivity contribution is -0.154. The molecule has 0 aromatic heterocycles. The fourth-order valence-corrected chi connectivity index (χ4v) is 4.91. The predicted octanol–water partition coefficient (Wildman–Crippen LogP) is 3.63. The lowest BCUT2D eigenvalue weighted by Crippen LogP contribution is -2.46. The van der Waals surface area contributed by atoms with Crippen LogP contribution in [0.1, 0.15) is 64.5 Å². The Morgan fingerprint density at radius 2 is 1.28 bits per heavy atom. The molecular weight excluding hydrogens is 708 g/mol. The van der Waals surface area contributed by atoms with Crippen molar-refractivity contribution >= 4 is 35.8 Å². The van der Waals surface area contributed by atoms with E-state index in [1.165, 1.54) is 43.3 Å². The number of carbonyl (C=O) groups excluding carboxylic acids is 3. The fraction of sp³-hybridized carbons (Fsp3) is 0.421. The number of hydrogen-bond acceptors (Lipinski definition) is 12. The second kappa shape index (κ2) is 22.9. The van der Waals surface area contributed by atoms with E-state index < -0.39 is 53.5 Å². The molecule has 0 radical (unpaired) electrons. The third-order valence-electron chi connectivity index (χ3n) is 8.30. The maximum atomic E-state index is 12.5. The molecule has 54 heavy (non-hydrogen) atoms. The molecule has 1 heterocycles. The molecule has 1 aliphatic heterocycles. The molecule has 0 spiro atoms. The summed E-state index contributed by atoms with van der Waals surface area (Å²) in [5, 5.41) is 66.5. The van der Waals surface area contributed by atoms with E-state index >= 15 is 0 Å². The van der Waals surface area contributed by atoms with Crippen molar-refractivity contribution < 1.29 is 69.2 Å². The van der Waals surface area contributed by atoms with Crippen LogP contribution in [0.2, 0.25) is 0 Å². The van der Waals surface area contributed by atoms with Crippen LogP contribution < -0.4 is 11.1 Å². The first-order valence-corrected chi connectivity index (χ1v) is 17.2. The second-order valence-electron chi connectivity index (χ2n) is 12.5. The number of phenols is 4. The number of carboxylic acids is 3. The Bertz CT molecular complexity index is 1670. The predicted molar refractivity (Wildman–Crippen MR) is 194 cm³/mol. The SMILES string of the molecule is CC/C=C/CC(C(=O)NC(Cc1ccc(O)c(O)c1)C(=O)O)C(C)C(=O)O.CC/C=C/CC1C(=O)OC(=O)C1C.NC(Cc1ccc(O)c(O)c1)C(=O)O. The molecule has 16 nitrogen and oxygen atoms in total. The molecule has 6 unspecified atom stereocenters. The highest BCUT2D eigenvalue weighted by molar-refractivity contribution is 5.96. The number of phenolic OH excluding ortho intramolecular Hbond substituents is 4. The number of cyclic esters (lactones) is 2. The number of allylic oxidation sites excluding steroid dienone is 4. The van der Waals surface area contributed by atoms with Gasteiger partial charge in [0, 0.05) is 6.42 Å². The number of ether oxygens (including phenoxy) is 1. The highest BCUT2D eigenvalue weighted by Gasteiger charge is 2.40. The molecule has 1 aliphatic rings. The van der Waals surface area contributed by atoms with Crippen LogP contribution >= 0.6 is 0 Å². The monoisotopic (exact) mass is 758 g/mol. The van der Waals surface area contributed by atoms with E-state index in [1.54, 1.807) is 13.0 Å². The summed E-state index contributed by atoms with van der Waals surface area (Å²) >= 11 is 0. The van der Waals surface area contributed by atoms with Crippen LogP contribution in [-0.4, -0.2) is 83.6 Å². The zero-order chi connectivity index (χ0) is 41.1. The number of amides is 1. The summed E-state index contributed by atoms with van der Waals surface area (Å²) < 4.78 is 4.51. The van der Waals surface area contributed by atoms with E-state index in [4.69, 9.17) is 21.1 Å². The Hall–Kier alpha value is -5.90. The first kappa shape index (κ1) is 46.1. The van der Waals surface area contributed by atoms with Crippen LogP contribution in [0.5, 0.6) is 23.0 Å². The van der Waals surface area contributed by atoms with E-state index in [0.717, 1.165) is 12.8 Å². The molecule has 0 aliphatic carbocycles. The van der Waals surface area contributed by atoms with Gasteiger partial charge < -0.3 is 51.5 Å². The maximum Gasteiger partial charge on any atom is 0.326 e. The van der Waals surface area contributed by atoms with Crippen molar-refractivity contribution in [3.05, 3.63) is 71.8 Å². The van der Waals surface area contributed by atoms with Crippen molar-refractivity contribution in [3.8, 4) is 23.0 Å². The fourth-order valence-electron chi connectivity index (χ4n) is 4.91. The van der Waals surface area contributed by atoms with Crippen LogP contribution in [0.15, 0.2) is 60.7 Å². The summed E-state index contributed by atoms with van der Waals surface area (Å²) in [4.78, 5) is 67.8. The van der Waals surface area contributed by atoms with Crippen molar-refractivity contribution in [2.75, 3.05) is 0 Å². The van der Waals surface area contributed by atoms with Gasteiger partial charge in [-0.2, -0.15) is 0 Å². The van der Waals surface area contributed by atoms with Crippen LogP contribution in [0, 0.1) is 23.7 Å². The average molecular weight is 759 g/mol. The number of carboxylic acid groups (broad SMARTS) is 3. The minimum Gasteiger partial charge on any atom is -0.504 e. The summed E-state index contributed by atoms with van der Waals surface area (Å²) in [6, 6.07) is 5.64. The molecule has 2 aromatic rings. The van der Waals surface area contributed by atoms with Gasteiger partial charge in [-0.1, -0.05) is 64.1 Å². The highest BCUT2D eigenvalue weighted by atomic mass is 16.6. The van der Waals surface area contributed by atoms with Crippen molar-refractivity contribution in [1.29, 1.82) is 0 Å². The summed E-state index contributed by atoms with van der Waals surface area (Å²) in [7, 11) is 0. The molecule has 296 valence electrons. The number of nitrogens with one attached hydrogen (secondary N) is 1. The maximum absolute atomic E-state index is 12.5. The van der Waals surface area contributed by atoms with Gasteiger partial charge in [-0.05, 0) is 67.5 Å². The van der Waals surface area contributed by atoms with E-state index in [9.17, 15) is 49.2 Å². The Kier molecular flexibility index (Phi) is 19.6. The Morgan fingerprint density at radius 1 is 0.759 bits per heavy atom. The lowest BCUT2D eigenvalue weighted by atomic mass is 9.89. The van der Waals surface area contributed by atoms with Crippen molar-refractivity contribution in [2.45, 2.75) is 78.3 Å². The molecule has 1 fully saturated rings. The van der Waals surface area contributed by atoms with Gasteiger partial charge in [0.15, 0.2) is 23.0 Å². The average Bonchev–Trinajstić information content (AvgIpc) is 3.35. The minimum atomic E-state index is -1.31. The van der Waals surface area contributed by atoms with Crippen molar-refractivity contribution in [1.82, 2.24) is 5.32 Å². The number of rotatable bonds is 16. The van der Waals surface area contributed by atoms with Crippen molar-refractivity contribution in [3.63, 3.8) is 0 Å². The number of nitrogens with two attached hydrogens (primary N) is 1. The zero-order valence-electron chi connectivity index (χ0n) is 30.5. The van der Waals surface area contributed by atoms with Gasteiger partial charge in [-0.3, -0.25) is 24.0 Å². The van der Waals surface area contributed by atoms with Gasteiger partial charge in [-0.25, -0.2) is 4.79 Å². The van der Waals surface area contributed by atoms with Gasteiger partial charge in [0.2, 0.25) is 5.91 Å².